The normalized spacial score (nSPS) is 18.5. The summed E-state index contributed by atoms with van der Waals surface area (Å²) < 4.78 is 0. The first-order valence-corrected chi connectivity index (χ1v) is 8.74. The van der Waals surface area contributed by atoms with Gasteiger partial charge in [0.1, 0.15) is 0 Å². The van der Waals surface area contributed by atoms with Crippen LogP contribution in [0.2, 0.25) is 5.02 Å². The van der Waals surface area contributed by atoms with Crippen LogP contribution in [0.15, 0.2) is 47.7 Å². The first kappa shape index (κ1) is 18.1. The molecule has 0 aliphatic heterocycles. The topological polar surface area (TPSA) is 91.7 Å². The second kappa shape index (κ2) is 8.10. The molecule has 1 aromatic heterocycles. The molecule has 1 amide bonds. The van der Waals surface area contributed by atoms with E-state index in [4.69, 9.17) is 11.6 Å². The van der Waals surface area contributed by atoms with E-state index in [2.05, 4.69) is 15.5 Å². The lowest BCUT2D eigenvalue weighted by atomic mass is 9.84. The first-order valence-electron chi connectivity index (χ1n) is 8.37. The summed E-state index contributed by atoms with van der Waals surface area (Å²) in [5.41, 5.74) is 4.58. The summed E-state index contributed by atoms with van der Waals surface area (Å²) in [7, 11) is 0. The van der Waals surface area contributed by atoms with Gasteiger partial charge in [-0.2, -0.15) is 5.10 Å². The van der Waals surface area contributed by atoms with Gasteiger partial charge in [0.15, 0.2) is 0 Å². The Balaban J connectivity index is 1.82. The summed E-state index contributed by atoms with van der Waals surface area (Å²) >= 11 is 6.04. The highest BCUT2D eigenvalue weighted by Gasteiger charge is 2.24. The fourth-order valence-corrected chi connectivity index (χ4v) is 3.27. The van der Waals surface area contributed by atoms with Crippen molar-refractivity contribution in [3.05, 3.63) is 64.4 Å². The monoisotopic (exact) mass is 371 g/mol. The second-order valence-electron chi connectivity index (χ2n) is 6.10. The van der Waals surface area contributed by atoms with Crippen molar-refractivity contribution >= 4 is 29.2 Å². The molecule has 1 aliphatic carbocycles. The largest absolute Gasteiger partial charge is 0.478 e. The number of pyridine rings is 1. The highest BCUT2D eigenvalue weighted by atomic mass is 35.5. The number of hydrogen-bond acceptors (Lipinski definition) is 4. The molecule has 0 saturated heterocycles. The molecule has 1 saturated carbocycles. The van der Waals surface area contributed by atoms with E-state index in [1.54, 1.807) is 30.3 Å². The molecule has 0 spiro atoms. The number of hydrogen-bond donors (Lipinski definition) is 2. The number of carbonyl (C=O) groups is 2. The summed E-state index contributed by atoms with van der Waals surface area (Å²) in [6, 6.07) is 9.80. The Bertz CT molecular complexity index is 867. The third kappa shape index (κ3) is 4.08. The van der Waals surface area contributed by atoms with Crippen LogP contribution in [0.4, 0.5) is 0 Å². The highest BCUT2D eigenvalue weighted by molar-refractivity contribution is 6.33. The lowest BCUT2D eigenvalue weighted by molar-refractivity contribution is 0.0696. The molecule has 134 valence electrons. The summed E-state index contributed by atoms with van der Waals surface area (Å²) in [6.07, 6.45) is 5.01. The van der Waals surface area contributed by atoms with Crippen molar-refractivity contribution in [2.75, 3.05) is 0 Å². The summed E-state index contributed by atoms with van der Waals surface area (Å²) in [6.45, 7) is 0. The minimum atomic E-state index is -0.991. The van der Waals surface area contributed by atoms with Crippen LogP contribution >= 0.6 is 11.6 Å². The van der Waals surface area contributed by atoms with Crippen molar-refractivity contribution in [3.63, 3.8) is 0 Å². The van der Waals surface area contributed by atoms with Crippen molar-refractivity contribution in [3.8, 4) is 0 Å². The van der Waals surface area contributed by atoms with Gasteiger partial charge in [0.05, 0.1) is 16.1 Å². The molecule has 6 nitrogen and oxygen atoms in total. The second-order valence-corrected chi connectivity index (χ2v) is 6.50. The van der Waals surface area contributed by atoms with Gasteiger partial charge >= 0.3 is 5.97 Å². The maximum Gasteiger partial charge on any atom is 0.335 e. The van der Waals surface area contributed by atoms with E-state index in [-0.39, 0.29) is 17.4 Å². The Hall–Kier alpha value is -2.73. The first-order chi connectivity index (χ1) is 12.6. The number of carboxylic acids is 1. The molecule has 1 atom stereocenters. The summed E-state index contributed by atoms with van der Waals surface area (Å²) in [5.74, 6) is -1.47. The number of nitrogens with zero attached hydrogens (tertiary/aromatic N) is 2. The van der Waals surface area contributed by atoms with Crippen LogP contribution in [-0.4, -0.2) is 27.7 Å². The molecule has 7 heteroatoms. The van der Waals surface area contributed by atoms with Gasteiger partial charge in [0.25, 0.3) is 5.91 Å². The number of carbonyl (C=O) groups excluding carboxylic acids is 1. The molecule has 2 aromatic rings. The van der Waals surface area contributed by atoms with Crippen molar-refractivity contribution in [1.82, 2.24) is 10.4 Å². The third-order valence-corrected chi connectivity index (χ3v) is 4.71. The van der Waals surface area contributed by atoms with E-state index in [9.17, 15) is 14.7 Å². The number of carboxylic acid groups (broad SMARTS) is 1. The molecule has 2 N–H and O–H groups in total. The number of rotatable bonds is 4. The minimum Gasteiger partial charge on any atom is -0.478 e. The Morgan fingerprint density at radius 1 is 1.23 bits per heavy atom. The zero-order valence-corrected chi connectivity index (χ0v) is 14.7. The number of aromatic carboxylic acids is 1. The maximum absolute atomic E-state index is 12.3. The van der Waals surface area contributed by atoms with E-state index in [0.29, 0.717) is 16.3 Å². The van der Waals surface area contributed by atoms with Crippen LogP contribution in [0, 0.1) is 0 Å². The van der Waals surface area contributed by atoms with Gasteiger partial charge in [-0.1, -0.05) is 30.2 Å². The van der Waals surface area contributed by atoms with Crippen molar-refractivity contribution in [2.45, 2.75) is 31.6 Å². The summed E-state index contributed by atoms with van der Waals surface area (Å²) in [4.78, 5) is 27.8. The Labute approximate surface area is 155 Å². The third-order valence-electron chi connectivity index (χ3n) is 4.38. The van der Waals surface area contributed by atoms with E-state index >= 15 is 0 Å². The van der Waals surface area contributed by atoms with Crippen LogP contribution in [-0.2, 0) is 0 Å². The van der Waals surface area contributed by atoms with Gasteiger partial charge in [-0.25, -0.2) is 10.2 Å². The molecule has 1 heterocycles. The fraction of sp³-hybridized carbons (Fsp3) is 0.263. The van der Waals surface area contributed by atoms with Crippen LogP contribution in [0.25, 0.3) is 0 Å². The highest BCUT2D eigenvalue weighted by Crippen LogP contribution is 2.30. The van der Waals surface area contributed by atoms with Gasteiger partial charge in [0, 0.05) is 23.5 Å². The molecule has 0 bridgehead atoms. The van der Waals surface area contributed by atoms with E-state index in [0.717, 1.165) is 31.4 Å². The van der Waals surface area contributed by atoms with E-state index < -0.39 is 5.97 Å². The van der Waals surface area contributed by atoms with Gasteiger partial charge < -0.3 is 5.11 Å². The predicted octanol–water partition coefficient (Wildman–Crippen LogP) is 3.88. The van der Waals surface area contributed by atoms with Gasteiger partial charge in [-0.05, 0) is 43.5 Å². The number of amides is 1. The van der Waals surface area contributed by atoms with Crippen molar-refractivity contribution in [2.24, 2.45) is 5.10 Å². The number of halogens is 1. The molecule has 0 unspecified atom stereocenters. The number of hydrazone groups is 1. The van der Waals surface area contributed by atoms with Crippen LogP contribution in [0.3, 0.4) is 0 Å². The summed E-state index contributed by atoms with van der Waals surface area (Å²) in [5, 5.41) is 13.8. The molecule has 1 aromatic carbocycles. The zero-order chi connectivity index (χ0) is 18.5. The zero-order valence-electron chi connectivity index (χ0n) is 14.0. The Kier molecular flexibility index (Phi) is 5.63. The fourth-order valence-electron chi connectivity index (χ4n) is 3.05. The van der Waals surface area contributed by atoms with Gasteiger partial charge in [-0.3, -0.25) is 9.78 Å². The predicted molar refractivity (Wildman–Crippen MR) is 98.8 cm³/mol. The van der Waals surface area contributed by atoms with Crippen molar-refractivity contribution < 1.29 is 14.7 Å². The van der Waals surface area contributed by atoms with E-state index in [1.807, 2.05) is 0 Å². The van der Waals surface area contributed by atoms with Crippen molar-refractivity contribution in [1.29, 1.82) is 0 Å². The quantitative estimate of drug-likeness (QED) is 0.798. The SMILES string of the molecule is O=C(O)c1ccnc([C@H]2CCCC/C2=N/NC(=O)c2ccccc2Cl)c1. The smallest absolute Gasteiger partial charge is 0.335 e. The molecular weight excluding hydrogens is 354 g/mol. The minimum absolute atomic E-state index is 0.102. The average molecular weight is 372 g/mol. The van der Waals surface area contributed by atoms with Crippen LogP contribution in [0.5, 0.6) is 0 Å². The van der Waals surface area contributed by atoms with Crippen LogP contribution < -0.4 is 5.43 Å². The van der Waals surface area contributed by atoms with Gasteiger partial charge in [0.2, 0.25) is 0 Å². The van der Waals surface area contributed by atoms with E-state index in [1.165, 1.54) is 12.3 Å². The maximum atomic E-state index is 12.3. The Morgan fingerprint density at radius 2 is 2.04 bits per heavy atom. The molecule has 3 rings (SSSR count). The lowest BCUT2D eigenvalue weighted by Crippen LogP contribution is -2.25. The number of nitrogens with one attached hydrogen (secondary N) is 1. The number of benzene rings is 1. The standard InChI is InChI=1S/C19H18ClN3O3/c20-15-7-3-1-5-13(15)18(24)23-22-16-8-4-2-6-14(16)17-11-12(19(25)26)9-10-21-17/h1,3,5,7,9-11,14H,2,4,6,8H2,(H,23,24)(H,25,26)/b22-16-/t14-/m0/s1. The lowest BCUT2D eigenvalue weighted by Gasteiger charge is -2.23. The molecule has 0 radical (unpaired) electrons. The molecule has 1 fully saturated rings. The molecule has 1 aliphatic rings. The molecular formula is C19H18ClN3O3. The molecule has 26 heavy (non-hydrogen) atoms. The average Bonchev–Trinajstić information content (AvgIpc) is 2.67. The number of aromatic nitrogens is 1. The van der Waals surface area contributed by atoms with Crippen LogP contribution in [0.1, 0.15) is 58.0 Å². The van der Waals surface area contributed by atoms with Gasteiger partial charge in [-0.15, -0.1) is 0 Å². The Morgan fingerprint density at radius 3 is 2.81 bits per heavy atom.